The molecule has 0 radical (unpaired) electrons. The van der Waals surface area contributed by atoms with Crippen LogP contribution >= 0.6 is 0 Å². The van der Waals surface area contributed by atoms with E-state index < -0.39 is 12.3 Å². The molecule has 10 heteroatoms. The first-order chi connectivity index (χ1) is 17.1. The zero-order chi connectivity index (χ0) is 24.2. The minimum Gasteiger partial charge on any atom is -0.415 e. The van der Waals surface area contributed by atoms with Crippen molar-refractivity contribution in [3.63, 3.8) is 0 Å². The fourth-order valence-electron chi connectivity index (χ4n) is 4.29. The molecule has 0 aliphatic carbocycles. The van der Waals surface area contributed by atoms with Gasteiger partial charge in [-0.15, -0.1) is 15.3 Å². The molecule has 182 valence electrons. The first kappa shape index (κ1) is 23.1. The summed E-state index contributed by atoms with van der Waals surface area (Å²) in [5, 5.41) is 15.7. The molecule has 0 spiro atoms. The molecule has 4 aromatic rings. The van der Waals surface area contributed by atoms with Crippen LogP contribution in [0.1, 0.15) is 31.2 Å². The zero-order valence-corrected chi connectivity index (χ0v) is 19.5. The molecule has 35 heavy (non-hydrogen) atoms. The molecule has 8 nitrogen and oxygen atoms in total. The third-order valence-electron chi connectivity index (χ3n) is 6.13. The Kier molecular flexibility index (Phi) is 6.80. The van der Waals surface area contributed by atoms with Crippen molar-refractivity contribution in [3.05, 3.63) is 66.2 Å². The summed E-state index contributed by atoms with van der Waals surface area (Å²) >= 11 is 0. The number of rotatable bonds is 8. The van der Waals surface area contributed by atoms with Gasteiger partial charge in [0.25, 0.3) is 5.89 Å². The van der Waals surface area contributed by atoms with Gasteiger partial charge in [-0.2, -0.15) is 8.78 Å². The second-order valence-corrected chi connectivity index (χ2v) is 8.62. The average molecular weight is 480 g/mol. The lowest BCUT2D eigenvalue weighted by atomic mass is 10.1. The van der Waals surface area contributed by atoms with E-state index in [9.17, 15) is 8.78 Å². The first-order valence-electron chi connectivity index (χ1n) is 11.8. The molecule has 0 saturated carbocycles. The first-order valence-corrected chi connectivity index (χ1v) is 11.8. The molecular weight excluding hydrogens is 452 g/mol. The molecule has 0 atom stereocenters. The third kappa shape index (κ3) is 5.37. The van der Waals surface area contributed by atoms with Gasteiger partial charge in [-0.05, 0) is 42.8 Å². The molecule has 2 aromatic heterocycles. The Morgan fingerprint density at radius 3 is 2.46 bits per heavy atom. The summed E-state index contributed by atoms with van der Waals surface area (Å²) in [4.78, 5) is 4.94. The summed E-state index contributed by atoms with van der Waals surface area (Å²) in [5.74, 6) is -0.608. The van der Waals surface area contributed by atoms with E-state index in [1.807, 2.05) is 18.3 Å². The molecule has 5 rings (SSSR count). The molecule has 1 fully saturated rings. The molecule has 1 aliphatic rings. The van der Waals surface area contributed by atoms with Crippen LogP contribution in [0.3, 0.4) is 0 Å². The van der Waals surface area contributed by atoms with E-state index in [0.29, 0.717) is 12.1 Å². The minimum atomic E-state index is -2.78. The van der Waals surface area contributed by atoms with Crippen molar-refractivity contribution < 1.29 is 13.2 Å². The molecule has 3 heterocycles. The zero-order valence-electron chi connectivity index (χ0n) is 19.5. The maximum atomic E-state index is 12.7. The van der Waals surface area contributed by atoms with E-state index in [4.69, 9.17) is 4.42 Å². The van der Waals surface area contributed by atoms with Crippen LogP contribution in [0.15, 0.2) is 59.1 Å². The Bertz CT molecular complexity index is 1250. The highest BCUT2D eigenvalue weighted by Gasteiger charge is 2.18. The highest BCUT2D eigenvalue weighted by atomic mass is 19.3. The van der Waals surface area contributed by atoms with Crippen molar-refractivity contribution in [3.8, 4) is 22.7 Å². The number of hydrogen-bond acceptors (Lipinski definition) is 7. The standard InChI is InChI=1S/C25H27F2N7O/c1-2-10-32-11-13-33(14-12-32)21-5-3-4-20(15-21)22-17-34(31-28-22)16-18-6-8-19(9-7-18)24-29-30-25(35-24)23(26)27/h3-9,15,17,23H,2,10-14,16H2,1H3. The predicted molar refractivity (Wildman–Crippen MR) is 128 cm³/mol. The fraction of sp³-hybridized carbons (Fsp3) is 0.360. The maximum absolute atomic E-state index is 12.7. The number of halogens is 2. The second-order valence-electron chi connectivity index (χ2n) is 8.62. The van der Waals surface area contributed by atoms with E-state index in [1.165, 1.54) is 12.1 Å². The van der Waals surface area contributed by atoms with Crippen LogP contribution in [0.25, 0.3) is 22.7 Å². The second kappa shape index (κ2) is 10.3. The fourth-order valence-corrected chi connectivity index (χ4v) is 4.29. The van der Waals surface area contributed by atoms with Crippen molar-refractivity contribution in [2.45, 2.75) is 26.3 Å². The number of nitrogens with zero attached hydrogens (tertiary/aromatic N) is 7. The van der Waals surface area contributed by atoms with E-state index in [0.717, 1.165) is 49.5 Å². The molecule has 1 aliphatic heterocycles. The normalized spacial score (nSPS) is 14.7. The van der Waals surface area contributed by atoms with Crippen molar-refractivity contribution in [1.29, 1.82) is 0 Å². The molecule has 0 N–H and O–H groups in total. The summed E-state index contributed by atoms with van der Waals surface area (Å²) in [7, 11) is 0. The summed E-state index contributed by atoms with van der Waals surface area (Å²) < 4.78 is 32.1. The van der Waals surface area contributed by atoms with Gasteiger partial charge in [-0.3, -0.25) is 4.90 Å². The monoisotopic (exact) mass is 479 g/mol. The van der Waals surface area contributed by atoms with Gasteiger partial charge in [0, 0.05) is 43.0 Å². The summed E-state index contributed by atoms with van der Waals surface area (Å²) in [5.41, 5.74) is 4.63. The lowest BCUT2D eigenvalue weighted by Gasteiger charge is -2.36. The molecule has 0 unspecified atom stereocenters. The van der Waals surface area contributed by atoms with E-state index >= 15 is 0 Å². The van der Waals surface area contributed by atoms with Crippen LogP contribution in [0.5, 0.6) is 0 Å². The van der Waals surface area contributed by atoms with E-state index in [1.54, 1.807) is 16.8 Å². The van der Waals surface area contributed by atoms with E-state index in [-0.39, 0.29) is 5.89 Å². The van der Waals surface area contributed by atoms with Crippen LogP contribution in [0, 0.1) is 0 Å². The van der Waals surface area contributed by atoms with Crippen molar-refractivity contribution in [2.75, 3.05) is 37.6 Å². The highest BCUT2D eigenvalue weighted by Crippen LogP contribution is 2.25. The van der Waals surface area contributed by atoms with Gasteiger partial charge < -0.3 is 9.32 Å². The van der Waals surface area contributed by atoms with Crippen LogP contribution in [0.2, 0.25) is 0 Å². The quantitative estimate of drug-likeness (QED) is 0.368. The van der Waals surface area contributed by atoms with Crippen molar-refractivity contribution in [1.82, 2.24) is 30.1 Å². The van der Waals surface area contributed by atoms with Crippen LogP contribution in [-0.2, 0) is 6.54 Å². The Labute approximate surface area is 202 Å². The number of alkyl halides is 2. The molecular formula is C25H27F2N7O. The smallest absolute Gasteiger partial charge is 0.314 e. The Balaban J connectivity index is 1.24. The number of anilines is 1. The summed E-state index contributed by atoms with van der Waals surface area (Å²) in [6.45, 7) is 8.15. The van der Waals surface area contributed by atoms with Gasteiger partial charge >= 0.3 is 6.43 Å². The van der Waals surface area contributed by atoms with Gasteiger partial charge in [-0.1, -0.05) is 36.4 Å². The molecule has 2 aromatic carbocycles. The number of aromatic nitrogens is 5. The number of benzene rings is 2. The summed E-state index contributed by atoms with van der Waals surface area (Å²) in [6.07, 6.45) is 0.337. The Hall–Kier alpha value is -3.66. The number of piperazine rings is 1. The van der Waals surface area contributed by atoms with Crippen molar-refractivity contribution >= 4 is 5.69 Å². The van der Waals surface area contributed by atoms with Gasteiger partial charge in [0.15, 0.2) is 0 Å². The van der Waals surface area contributed by atoms with Gasteiger partial charge in [-0.25, -0.2) is 4.68 Å². The van der Waals surface area contributed by atoms with Crippen LogP contribution in [-0.4, -0.2) is 62.8 Å². The van der Waals surface area contributed by atoms with E-state index in [2.05, 4.69) is 61.5 Å². The van der Waals surface area contributed by atoms with Crippen LogP contribution < -0.4 is 4.90 Å². The highest BCUT2D eigenvalue weighted by molar-refractivity contribution is 5.65. The lowest BCUT2D eigenvalue weighted by molar-refractivity contribution is 0.116. The Morgan fingerprint density at radius 2 is 1.74 bits per heavy atom. The third-order valence-corrected chi connectivity index (χ3v) is 6.13. The average Bonchev–Trinajstić information content (AvgIpc) is 3.56. The maximum Gasteiger partial charge on any atom is 0.314 e. The Morgan fingerprint density at radius 1 is 0.943 bits per heavy atom. The van der Waals surface area contributed by atoms with Crippen LogP contribution in [0.4, 0.5) is 14.5 Å². The minimum absolute atomic E-state index is 0.0709. The topological polar surface area (TPSA) is 76.1 Å². The predicted octanol–water partition coefficient (Wildman–Crippen LogP) is 4.51. The number of hydrogen-bond donors (Lipinski definition) is 0. The molecule has 0 amide bonds. The SMILES string of the molecule is CCCN1CCN(c2cccc(-c3cn(Cc4ccc(-c5nnc(C(F)F)o5)cc4)nn3)c2)CC1. The largest absolute Gasteiger partial charge is 0.415 e. The van der Waals surface area contributed by atoms with Gasteiger partial charge in [0.2, 0.25) is 5.89 Å². The van der Waals surface area contributed by atoms with Gasteiger partial charge in [0.1, 0.15) is 5.69 Å². The molecule has 0 bridgehead atoms. The summed E-state index contributed by atoms with van der Waals surface area (Å²) in [6, 6.07) is 15.7. The van der Waals surface area contributed by atoms with Gasteiger partial charge in [0.05, 0.1) is 12.7 Å². The molecule has 1 saturated heterocycles. The van der Waals surface area contributed by atoms with Crippen molar-refractivity contribution in [2.24, 2.45) is 0 Å². The lowest BCUT2D eigenvalue weighted by Crippen LogP contribution is -2.46.